The Bertz CT molecular complexity index is 610. The molecule has 0 radical (unpaired) electrons. The highest BCUT2D eigenvalue weighted by Gasteiger charge is 2.16. The van der Waals surface area contributed by atoms with Gasteiger partial charge in [0.15, 0.2) is 6.61 Å². The third kappa shape index (κ3) is 4.21. The Kier molecular flexibility index (Phi) is 5.42. The first-order valence-corrected chi connectivity index (χ1v) is 7.92. The average Bonchev–Trinajstić information content (AvgIpc) is 3.03. The van der Waals surface area contributed by atoms with Gasteiger partial charge >= 0.3 is 5.97 Å². The van der Waals surface area contributed by atoms with Crippen molar-refractivity contribution in [3.8, 4) is 0 Å². The molecule has 4 nitrogen and oxygen atoms in total. The largest absolute Gasteiger partial charge is 0.452 e. The monoisotopic (exact) mass is 349 g/mol. The zero-order valence-electron chi connectivity index (χ0n) is 10.0. The quantitative estimate of drug-likeness (QED) is 0.839. The number of amides is 1. The molecule has 20 heavy (non-hydrogen) atoms. The first-order valence-electron chi connectivity index (χ1n) is 5.47. The average molecular weight is 350 g/mol. The van der Waals surface area contributed by atoms with Gasteiger partial charge in [0.1, 0.15) is 4.34 Å². The molecule has 0 fully saturated rings. The number of thiophene rings is 2. The summed E-state index contributed by atoms with van der Waals surface area (Å²) < 4.78 is 5.51. The van der Waals surface area contributed by atoms with Crippen LogP contribution in [0.3, 0.4) is 0 Å². The number of ether oxygens (including phenoxy) is 1. The number of halogens is 2. The molecule has 0 aliphatic carbocycles. The van der Waals surface area contributed by atoms with E-state index in [4.69, 9.17) is 27.9 Å². The lowest BCUT2D eigenvalue weighted by molar-refractivity contribution is -0.124. The summed E-state index contributed by atoms with van der Waals surface area (Å²) in [6.45, 7) is 0.0626. The van der Waals surface area contributed by atoms with E-state index in [2.05, 4.69) is 5.32 Å². The molecule has 0 bridgehead atoms. The highest BCUT2D eigenvalue weighted by molar-refractivity contribution is 7.20. The molecular formula is C12H9Cl2NO3S2. The van der Waals surface area contributed by atoms with Crippen LogP contribution in [0.25, 0.3) is 0 Å². The van der Waals surface area contributed by atoms with Gasteiger partial charge in [0.25, 0.3) is 5.91 Å². The maximum absolute atomic E-state index is 11.7. The molecular weight excluding hydrogens is 341 g/mol. The van der Waals surface area contributed by atoms with Crippen molar-refractivity contribution in [3.63, 3.8) is 0 Å². The van der Waals surface area contributed by atoms with Crippen molar-refractivity contribution in [2.75, 3.05) is 6.61 Å². The summed E-state index contributed by atoms with van der Waals surface area (Å²) in [5, 5.41) is 4.57. The minimum Gasteiger partial charge on any atom is -0.452 e. The van der Waals surface area contributed by atoms with Gasteiger partial charge in [-0.05, 0) is 17.5 Å². The molecule has 1 amide bonds. The predicted octanol–water partition coefficient (Wildman–Crippen LogP) is 3.59. The van der Waals surface area contributed by atoms with Crippen molar-refractivity contribution in [1.82, 2.24) is 5.32 Å². The molecule has 0 aliphatic rings. The van der Waals surface area contributed by atoms with Gasteiger partial charge in [0.2, 0.25) is 0 Å². The first kappa shape index (κ1) is 15.3. The Morgan fingerprint density at radius 1 is 1.35 bits per heavy atom. The van der Waals surface area contributed by atoms with Crippen LogP contribution in [0.15, 0.2) is 23.6 Å². The fourth-order valence-corrected chi connectivity index (χ4v) is 3.42. The van der Waals surface area contributed by atoms with E-state index in [1.165, 1.54) is 17.4 Å². The molecule has 106 valence electrons. The van der Waals surface area contributed by atoms with Crippen molar-refractivity contribution in [1.29, 1.82) is 0 Å². The topological polar surface area (TPSA) is 55.4 Å². The number of rotatable bonds is 5. The summed E-state index contributed by atoms with van der Waals surface area (Å²) in [5.74, 6) is -1.03. The second-order valence-corrected chi connectivity index (χ2v) is 6.99. The molecule has 2 aromatic rings. The molecule has 0 unspecified atom stereocenters. The smallest absolute Gasteiger partial charge is 0.341 e. The molecule has 0 aliphatic heterocycles. The van der Waals surface area contributed by atoms with Crippen LogP contribution in [0, 0.1) is 0 Å². The fourth-order valence-electron chi connectivity index (χ4n) is 1.34. The SMILES string of the molecule is O=C(COC(=O)c1cc(Cl)sc1Cl)NCc1cccs1. The van der Waals surface area contributed by atoms with E-state index in [1.807, 2.05) is 17.5 Å². The lowest BCUT2D eigenvalue weighted by Gasteiger charge is -2.05. The van der Waals surface area contributed by atoms with Crippen molar-refractivity contribution >= 4 is 57.8 Å². The number of hydrogen-bond donors (Lipinski definition) is 1. The third-order valence-corrected chi connectivity index (χ3v) is 4.61. The number of hydrogen-bond acceptors (Lipinski definition) is 5. The van der Waals surface area contributed by atoms with Gasteiger partial charge < -0.3 is 10.1 Å². The third-order valence-electron chi connectivity index (χ3n) is 2.25. The van der Waals surface area contributed by atoms with Crippen LogP contribution in [0.4, 0.5) is 0 Å². The molecule has 0 saturated heterocycles. The minimum absolute atomic E-state index is 0.174. The highest BCUT2D eigenvalue weighted by atomic mass is 35.5. The van der Waals surface area contributed by atoms with E-state index >= 15 is 0 Å². The van der Waals surface area contributed by atoms with E-state index < -0.39 is 5.97 Å². The lowest BCUT2D eigenvalue weighted by Crippen LogP contribution is -2.28. The predicted molar refractivity (Wildman–Crippen MR) is 80.8 cm³/mol. The van der Waals surface area contributed by atoms with Gasteiger partial charge in [-0.1, -0.05) is 29.3 Å². The van der Waals surface area contributed by atoms with Gasteiger partial charge in [-0.3, -0.25) is 4.79 Å². The Labute approximate surface area is 133 Å². The van der Waals surface area contributed by atoms with Gasteiger partial charge in [-0.15, -0.1) is 22.7 Å². The molecule has 0 spiro atoms. The number of carbonyl (C=O) groups is 2. The first-order chi connectivity index (χ1) is 9.56. The molecule has 0 saturated carbocycles. The van der Waals surface area contributed by atoms with Crippen molar-refractivity contribution in [2.24, 2.45) is 0 Å². The van der Waals surface area contributed by atoms with Crippen LogP contribution in [-0.4, -0.2) is 18.5 Å². The summed E-state index contributed by atoms with van der Waals surface area (Å²) in [4.78, 5) is 24.2. The number of carbonyl (C=O) groups excluding carboxylic acids is 2. The standard InChI is InChI=1S/C12H9Cl2NO3S2/c13-9-4-8(11(14)20-9)12(17)18-6-10(16)15-5-7-2-1-3-19-7/h1-4H,5-6H2,(H,15,16). The second kappa shape index (κ2) is 7.08. The van der Waals surface area contributed by atoms with E-state index in [9.17, 15) is 9.59 Å². The Balaban J connectivity index is 1.78. The molecule has 0 aromatic carbocycles. The number of nitrogens with one attached hydrogen (secondary N) is 1. The Hall–Kier alpha value is -1.08. The molecule has 2 heterocycles. The number of esters is 1. The molecule has 1 N–H and O–H groups in total. The van der Waals surface area contributed by atoms with Gasteiger partial charge in [0.05, 0.1) is 16.4 Å². The second-order valence-electron chi connectivity index (χ2n) is 3.67. The normalized spacial score (nSPS) is 10.3. The summed E-state index contributed by atoms with van der Waals surface area (Å²) >= 11 is 14.2. The van der Waals surface area contributed by atoms with E-state index in [0.717, 1.165) is 16.2 Å². The van der Waals surface area contributed by atoms with Crippen LogP contribution in [0.2, 0.25) is 8.67 Å². The van der Waals surface area contributed by atoms with Crippen LogP contribution in [-0.2, 0) is 16.1 Å². The van der Waals surface area contributed by atoms with Crippen LogP contribution >= 0.6 is 45.9 Å². The zero-order valence-corrected chi connectivity index (χ0v) is 13.2. The highest BCUT2D eigenvalue weighted by Crippen LogP contribution is 2.31. The van der Waals surface area contributed by atoms with Crippen molar-refractivity contribution in [3.05, 3.63) is 42.7 Å². The molecule has 2 aromatic heterocycles. The van der Waals surface area contributed by atoms with Crippen LogP contribution < -0.4 is 5.32 Å². The minimum atomic E-state index is -0.663. The summed E-state index contributed by atoms with van der Waals surface area (Å²) in [6, 6.07) is 5.22. The Morgan fingerprint density at radius 2 is 2.15 bits per heavy atom. The van der Waals surface area contributed by atoms with Gasteiger partial charge in [0, 0.05) is 4.88 Å². The fraction of sp³-hybridized carbons (Fsp3) is 0.167. The lowest BCUT2D eigenvalue weighted by atomic mass is 10.3. The van der Waals surface area contributed by atoms with Crippen LogP contribution in [0.1, 0.15) is 15.2 Å². The maximum atomic E-state index is 11.7. The van der Waals surface area contributed by atoms with E-state index in [0.29, 0.717) is 10.9 Å². The summed E-state index contributed by atoms with van der Waals surface area (Å²) in [7, 11) is 0. The van der Waals surface area contributed by atoms with Crippen LogP contribution in [0.5, 0.6) is 0 Å². The van der Waals surface area contributed by atoms with E-state index in [1.54, 1.807) is 0 Å². The Morgan fingerprint density at radius 3 is 2.75 bits per heavy atom. The maximum Gasteiger partial charge on any atom is 0.341 e. The van der Waals surface area contributed by atoms with Crippen molar-refractivity contribution in [2.45, 2.75) is 6.54 Å². The van der Waals surface area contributed by atoms with Crippen molar-refractivity contribution < 1.29 is 14.3 Å². The van der Waals surface area contributed by atoms with E-state index in [-0.39, 0.29) is 22.4 Å². The van der Waals surface area contributed by atoms with Gasteiger partial charge in [-0.2, -0.15) is 0 Å². The molecule has 0 atom stereocenters. The molecule has 2 rings (SSSR count). The molecule has 8 heteroatoms. The van der Waals surface area contributed by atoms with Gasteiger partial charge in [-0.25, -0.2) is 4.79 Å². The summed E-state index contributed by atoms with van der Waals surface area (Å²) in [5.41, 5.74) is 0.174. The zero-order chi connectivity index (χ0) is 14.5. The summed E-state index contributed by atoms with van der Waals surface area (Å²) in [6.07, 6.45) is 0.